The number of unbranched alkanes of at least 4 members (excludes halogenated alkanes) is 6. The summed E-state index contributed by atoms with van der Waals surface area (Å²) in [6, 6.07) is 12.1. The van der Waals surface area contributed by atoms with E-state index in [2.05, 4.69) is 6.92 Å². The lowest BCUT2D eigenvalue weighted by Gasteiger charge is -2.06. The summed E-state index contributed by atoms with van der Waals surface area (Å²) in [4.78, 5) is 25.9. The highest BCUT2D eigenvalue weighted by Gasteiger charge is 2.25. The Morgan fingerprint density at radius 3 is 2.23 bits per heavy atom. The summed E-state index contributed by atoms with van der Waals surface area (Å²) in [5, 5.41) is 11.3. The van der Waals surface area contributed by atoms with Gasteiger partial charge in [-0.3, -0.25) is 9.59 Å². The summed E-state index contributed by atoms with van der Waals surface area (Å²) >= 11 is 0. The van der Waals surface area contributed by atoms with Crippen LogP contribution in [0.25, 0.3) is 10.9 Å². The van der Waals surface area contributed by atoms with Crippen LogP contribution in [0, 0.1) is 5.82 Å². The van der Waals surface area contributed by atoms with Crippen molar-refractivity contribution in [1.29, 1.82) is 0 Å². The van der Waals surface area contributed by atoms with Gasteiger partial charge in [-0.15, -0.1) is 0 Å². The van der Waals surface area contributed by atoms with E-state index in [4.69, 9.17) is 0 Å². The average molecular weight is 410 g/mol. The Kier molecular flexibility index (Phi) is 7.39. The van der Waals surface area contributed by atoms with Gasteiger partial charge in [0.15, 0.2) is 5.78 Å². The Hall–Kier alpha value is -2.95. The molecule has 5 heteroatoms. The van der Waals surface area contributed by atoms with E-state index in [9.17, 15) is 19.1 Å². The Morgan fingerprint density at radius 2 is 1.53 bits per heavy atom. The number of aromatic hydroxyl groups is 1. The molecule has 1 aromatic heterocycles. The van der Waals surface area contributed by atoms with E-state index in [1.165, 1.54) is 54.5 Å². The molecule has 0 aliphatic rings. The minimum absolute atomic E-state index is 0.0742. The van der Waals surface area contributed by atoms with Crippen LogP contribution < -0.4 is 0 Å². The molecule has 4 nitrogen and oxygen atoms in total. The predicted molar refractivity (Wildman–Crippen MR) is 117 cm³/mol. The van der Waals surface area contributed by atoms with Gasteiger partial charge in [0.1, 0.15) is 5.82 Å². The fourth-order valence-electron chi connectivity index (χ4n) is 3.79. The lowest BCUT2D eigenvalue weighted by Crippen LogP contribution is -2.10. The van der Waals surface area contributed by atoms with Gasteiger partial charge in [-0.05, 0) is 36.8 Å². The molecule has 158 valence electrons. The SMILES string of the molecule is CCCCCCCCCC(=O)n1c(O)c(C(=O)c2ccc(F)cc2)c2ccccc21. The number of ketones is 1. The zero-order chi connectivity index (χ0) is 21.5. The van der Waals surface area contributed by atoms with Crippen molar-refractivity contribution in [2.75, 3.05) is 0 Å². The second-order valence-corrected chi connectivity index (χ2v) is 7.65. The average Bonchev–Trinajstić information content (AvgIpc) is 3.04. The second-order valence-electron chi connectivity index (χ2n) is 7.65. The van der Waals surface area contributed by atoms with Crippen LogP contribution in [0.4, 0.5) is 4.39 Å². The smallest absolute Gasteiger partial charge is 0.233 e. The van der Waals surface area contributed by atoms with Gasteiger partial charge in [0.2, 0.25) is 11.8 Å². The number of hydrogen-bond acceptors (Lipinski definition) is 3. The number of aromatic nitrogens is 1. The van der Waals surface area contributed by atoms with Crippen molar-refractivity contribution in [3.63, 3.8) is 0 Å². The predicted octanol–water partition coefficient (Wildman–Crippen LogP) is 6.50. The van der Waals surface area contributed by atoms with Crippen LogP contribution in [-0.2, 0) is 0 Å². The number of carbonyl (C=O) groups excluding carboxylic acids is 2. The molecule has 30 heavy (non-hydrogen) atoms. The van der Waals surface area contributed by atoms with Gasteiger partial charge in [-0.25, -0.2) is 8.96 Å². The van der Waals surface area contributed by atoms with Crippen molar-refractivity contribution in [3.05, 3.63) is 65.5 Å². The summed E-state index contributed by atoms with van der Waals surface area (Å²) in [5.41, 5.74) is 0.840. The van der Waals surface area contributed by atoms with Crippen molar-refractivity contribution in [3.8, 4) is 5.88 Å². The van der Waals surface area contributed by atoms with Crippen LogP contribution in [-0.4, -0.2) is 21.4 Å². The first kappa shape index (κ1) is 21.8. The lowest BCUT2D eigenvalue weighted by atomic mass is 10.0. The fraction of sp³-hybridized carbons (Fsp3) is 0.360. The van der Waals surface area contributed by atoms with Crippen molar-refractivity contribution in [2.45, 2.75) is 58.3 Å². The van der Waals surface area contributed by atoms with Crippen LogP contribution in [0.2, 0.25) is 0 Å². The van der Waals surface area contributed by atoms with E-state index in [0.717, 1.165) is 19.3 Å². The van der Waals surface area contributed by atoms with Crippen LogP contribution in [0.5, 0.6) is 5.88 Å². The first-order chi connectivity index (χ1) is 14.5. The summed E-state index contributed by atoms with van der Waals surface area (Å²) < 4.78 is 14.5. The highest BCUT2D eigenvalue weighted by atomic mass is 19.1. The first-order valence-corrected chi connectivity index (χ1v) is 10.7. The molecule has 3 rings (SSSR count). The lowest BCUT2D eigenvalue weighted by molar-refractivity contribution is 0.0895. The third-order valence-electron chi connectivity index (χ3n) is 5.43. The van der Waals surface area contributed by atoms with Gasteiger partial charge < -0.3 is 5.11 Å². The molecular formula is C25H28FNO3. The number of rotatable bonds is 10. The maximum absolute atomic E-state index is 13.2. The Labute approximate surface area is 176 Å². The normalized spacial score (nSPS) is 11.1. The fourth-order valence-corrected chi connectivity index (χ4v) is 3.79. The van der Waals surface area contributed by atoms with Gasteiger partial charge in [-0.1, -0.05) is 63.6 Å². The third kappa shape index (κ3) is 4.78. The molecule has 0 aliphatic carbocycles. The molecule has 0 radical (unpaired) electrons. The van der Waals surface area contributed by atoms with Gasteiger partial charge in [0, 0.05) is 17.4 Å². The van der Waals surface area contributed by atoms with Crippen molar-refractivity contribution in [2.24, 2.45) is 0 Å². The molecule has 0 saturated carbocycles. The standard InChI is InChI=1S/C25H28FNO3/c1-2-3-4-5-6-7-8-13-22(28)27-21-12-10-9-11-20(21)23(25(27)30)24(29)18-14-16-19(26)17-15-18/h9-12,14-17,30H,2-8,13H2,1H3. The number of para-hydroxylation sites is 1. The molecule has 0 atom stereocenters. The number of halogens is 1. The molecule has 1 heterocycles. The minimum Gasteiger partial charge on any atom is -0.494 e. The topological polar surface area (TPSA) is 59.3 Å². The first-order valence-electron chi connectivity index (χ1n) is 10.7. The molecule has 0 aliphatic heterocycles. The van der Waals surface area contributed by atoms with Crippen LogP contribution >= 0.6 is 0 Å². The largest absolute Gasteiger partial charge is 0.494 e. The van der Waals surface area contributed by atoms with E-state index in [1.54, 1.807) is 24.3 Å². The van der Waals surface area contributed by atoms with E-state index in [0.29, 0.717) is 17.3 Å². The molecule has 3 aromatic rings. The highest BCUT2D eigenvalue weighted by Crippen LogP contribution is 2.33. The zero-order valence-electron chi connectivity index (χ0n) is 17.4. The molecule has 0 amide bonds. The van der Waals surface area contributed by atoms with Crippen molar-refractivity contribution in [1.82, 2.24) is 4.57 Å². The molecule has 0 unspecified atom stereocenters. The maximum Gasteiger partial charge on any atom is 0.233 e. The van der Waals surface area contributed by atoms with E-state index >= 15 is 0 Å². The number of hydrogen-bond donors (Lipinski definition) is 1. The van der Waals surface area contributed by atoms with E-state index in [1.807, 2.05) is 0 Å². The minimum atomic E-state index is -0.442. The molecular weight excluding hydrogens is 381 g/mol. The number of fused-ring (bicyclic) bond motifs is 1. The van der Waals surface area contributed by atoms with E-state index in [-0.39, 0.29) is 22.9 Å². The molecule has 0 saturated heterocycles. The molecule has 0 bridgehead atoms. The van der Waals surface area contributed by atoms with Crippen molar-refractivity contribution >= 4 is 22.6 Å². The maximum atomic E-state index is 13.2. The quantitative estimate of drug-likeness (QED) is 0.307. The summed E-state index contributed by atoms with van der Waals surface area (Å²) in [6.07, 6.45) is 7.97. The second kappa shape index (κ2) is 10.2. The van der Waals surface area contributed by atoms with Crippen LogP contribution in [0.3, 0.4) is 0 Å². The zero-order valence-corrected chi connectivity index (χ0v) is 17.4. The molecule has 0 spiro atoms. The molecule has 0 fully saturated rings. The third-order valence-corrected chi connectivity index (χ3v) is 5.43. The van der Waals surface area contributed by atoms with Gasteiger partial charge in [0.25, 0.3) is 0 Å². The number of benzene rings is 2. The monoisotopic (exact) mass is 409 g/mol. The van der Waals surface area contributed by atoms with Crippen LogP contribution in [0.15, 0.2) is 48.5 Å². The summed E-state index contributed by atoms with van der Waals surface area (Å²) in [6.45, 7) is 2.18. The van der Waals surface area contributed by atoms with Crippen LogP contribution in [0.1, 0.15) is 79.0 Å². The Bertz CT molecular complexity index is 1020. The van der Waals surface area contributed by atoms with Gasteiger partial charge >= 0.3 is 0 Å². The Balaban J connectivity index is 1.80. The van der Waals surface area contributed by atoms with Gasteiger partial charge in [-0.2, -0.15) is 0 Å². The van der Waals surface area contributed by atoms with Gasteiger partial charge in [0.05, 0.1) is 11.1 Å². The molecule has 1 N–H and O–H groups in total. The Morgan fingerprint density at radius 1 is 0.900 bits per heavy atom. The van der Waals surface area contributed by atoms with E-state index < -0.39 is 11.6 Å². The summed E-state index contributed by atoms with van der Waals surface area (Å²) in [5.74, 6) is -1.46. The number of carbonyl (C=O) groups is 2. The number of nitrogens with zero attached hydrogens (tertiary/aromatic N) is 1. The summed E-state index contributed by atoms with van der Waals surface area (Å²) in [7, 11) is 0. The van der Waals surface area contributed by atoms with Crippen molar-refractivity contribution < 1.29 is 19.1 Å². The highest BCUT2D eigenvalue weighted by molar-refractivity contribution is 6.19. The molecule has 2 aromatic carbocycles.